The predicted octanol–water partition coefficient (Wildman–Crippen LogP) is 1.38. The zero-order valence-corrected chi connectivity index (χ0v) is 12.2. The fourth-order valence-corrected chi connectivity index (χ4v) is 2.42. The van der Waals surface area contributed by atoms with Crippen LogP contribution >= 0.6 is 0 Å². The van der Waals surface area contributed by atoms with Gasteiger partial charge in [0.25, 0.3) is 5.91 Å². The van der Waals surface area contributed by atoms with Gasteiger partial charge in [0.2, 0.25) is 0 Å². The molecule has 0 bridgehead atoms. The van der Waals surface area contributed by atoms with Crippen molar-refractivity contribution >= 4 is 11.6 Å². The molecule has 0 atom stereocenters. The van der Waals surface area contributed by atoms with Gasteiger partial charge < -0.3 is 14.5 Å². The Morgan fingerprint density at radius 3 is 2.52 bits per heavy atom. The van der Waals surface area contributed by atoms with Gasteiger partial charge in [-0.05, 0) is 18.7 Å². The molecule has 0 aliphatic carbocycles. The van der Waals surface area contributed by atoms with E-state index >= 15 is 0 Å². The van der Waals surface area contributed by atoms with Crippen LogP contribution in [0.15, 0.2) is 18.2 Å². The molecule has 1 aromatic carbocycles. The number of likely N-dealkylation sites (N-methyl/N-ethyl adjacent to an activating group) is 1. The van der Waals surface area contributed by atoms with E-state index in [0.717, 1.165) is 19.6 Å². The number of hydrogen-bond donors (Lipinski definition) is 0. The van der Waals surface area contributed by atoms with E-state index < -0.39 is 4.92 Å². The molecule has 1 fully saturated rings. The zero-order valence-electron chi connectivity index (χ0n) is 12.2. The molecule has 1 heterocycles. The summed E-state index contributed by atoms with van der Waals surface area (Å²) in [6.45, 7) is 6.01. The summed E-state index contributed by atoms with van der Waals surface area (Å²) in [7, 11) is 1.37. The standard InChI is InChI=1S/C14H19N3O4/c1-3-15-6-8-16(9-7-15)14(18)11-4-5-13(21-2)12(10-11)17(19)20/h4-5,10H,3,6-9H2,1-2H3. The SMILES string of the molecule is CCN1CCN(C(=O)c2ccc(OC)c([N+](=O)[O-])c2)CC1. The molecule has 0 saturated carbocycles. The monoisotopic (exact) mass is 293 g/mol. The van der Waals surface area contributed by atoms with Gasteiger partial charge in [0.15, 0.2) is 5.75 Å². The molecule has 0 unspecified atom stereocenters. The number of ether oxygens (including phenoxy) is 1. The van der Waals surface area contributed by atoms with Crippen LogP contribution in [0.25, 0.3) is 0 Å². The number of rotatable bonds is 4. The van der Waals surface area contributed by atoms with Crippen LogP contribution in [0.5, 0.6) is 5.75 Å². The second kappa shape index (κ2) is 6.53. The Balaban J connectivity index is 2.16. The summed E-state index contributed by atoms with van der Waals surface area (Å²) in [6, 6.07) is 4.32. The summed E-state index contributed by atoms with van der Waals surface area (Å²) < 4.78 is 4.94. The van der Waals surface area contributed by atoms with Crippen molar-refractivity contribution in [3.05, 3.63) is 33.9 Å². The average Bonchev–Trinajstić information content (AvgIpc) is 2.53. The number of nitro benzene ring substituents is 1. The first kappa shape index (κ1) is 15.2. The van der Waals surface area contributed by atoms with Crippen LogP contribution in [0, 0.1) is 10.1 Å². The highest BCUT2D eigenvalue weighted by molar-refractivity contribution is 5.95. The predicted molar refractivity (Wildman–Crippen MR) is 77.7 cm³/mol. The number of piperazine rings is 1. The van der Waals surface area contributed by atoms with Gasteiger partial charge in [-0.15, -0.1) is 0 Å². The van der Waals surface area contributed by atoms with Crippen molar-refractivity contribution in [3.63, 3.8) is 0 Å². The molecule has 1 aliphatic heterocycles. The number of carbonyl (C=O) groups is 1. The summed E-state index contributed by atoms with van der Waals surface area (Å²) in [5.74, 6) is -0.0103. The van der Waals surface area contributed by atoms with Crippen molar-refractivity contribution in [1.82, 2.24) is 9.80 Å². The van der Waals surface area contributed by atoms with Gasteiger partial charge in [-0.1, -0.05) is 6.92 Å². The number of benzene rings is 1. The maximum absolute atomic E-state index is 12.4. The second-order valence-electron chi connectivity index (χ2n) is 4.87. The van der Waals surface area contributed by atoms with Crippen LogP contribution in [0.4, 0.5) is 5.69 Å². The topological polar surface area (TPSA) is 75.9 Å². The van der Waals surface area contributed by atoms with Gasteiger partial charge >= 0.3 is 5.69 Å². The number of hydrogen-bond acceptors (Lipinski definition) is 5. The molecule has 0 N–H and O–H groups in total. The number of nitro groups is 1. The first-order valence-corrected chi connectivity index (χ1v) is 6.91. The van der Waals surface area contributed by atoms with E-state index in [4.69, 9.17) is 4.74 Å². The van der Waals surface area contributed by atoms with Crippen molar-refractivity contribution < 1.29 is 14.5 Å². The van der Waals surface area contributed by atoms with Gasteiger partial charge in [-0.2, -0.15) is 0 Å². The maximum atomic E-state index is 12.4. The molecule has 0 spiro atoms. The summed E-state index contributed by atoms with van der Waals surface area (Å²) >= 11 is 0. The van der Waals surface area contributed by atoms with Gasteiger partial charge in [0, 0.05) is 37.8 Å². The first-order chi connectivity index (χ1) is 10.1. The van der Waals surface area contributed by atoms with Gasteiger partial charge in [-0.25, -0.2) is 0 Å². The lowest BCUT2D eigenvalue weighted by atomic mass is 10.1. The molecule has 1 aliphatic rings. The Morgan fingerprint density at radius 2 is 2.00 bits per heavy atom. The van der Waals surface area contributed by atoms with Crippen LogP contribution in [0.1, 0.15) is 17.3 Å². The fraction of sp³-hybridized carbons (Fsp3) is 0.500. The highest BCUT2D eigenvalue weighted by Crippen LogP contribution is 2.28. The number of carbonyl (C=O) groups excluding carboxylic acids is 1. The number of nitrogens with zero attached hydrogens (tertiary/aromatic N) is 3. The van der Waals surface area contributed by atoms with Gasteiger partial charge in [0.05, 0.1) is 12.0 Å². The Bertz CT molecular complexity index is 539. The molecule has 1 aromatic rings. The van der Waals surface area contributed by atoms with Crippen LogP contribution in [-0.2, 0) is 0 Å². The van der Waals surface area contributed by atoms with E-state index in [1.54, 1.807) is 11.0 Å². The molecule has 114 valence electrons. The minimum absolute atomic E-state index is 0.160. The summed E-state index contributed by atoms with van der Waals surface area (Å²) in [6.07, 6.45) is 0. The fourth-order valence-electron chi connectivity index (χ4n) is 2.42. The normalized spacial score (nSPS) is 15.8. The highest BCUT2D eigenvalue weighted by atomic mass is 16.6. The van der Waals surface area contributed by atoms with E-state index in [9.17, 15) is 14.9 Å². The maximum Gasteiger partial charge on any atom is 0.311 e. The van der Waals surface area contributed by atoms with Crippen LogP contribution in [0.2, 0.25) is 0 Å². The molecule has 1 amide bonds. The summed E-state index contributed by atoms with van der Waals surface area (Å²) in [5.41, 5.74) is 0.142. The second-order valence-corrected chi connectivity index (χ2v) is 4.87. The average molecular weight is 293 g/mol. The van der Waals surface area contributed by atoms with E-state index in [1.807, 2.05) is 0 Å². The smallest absolute Gasteiger partial charge is 0.311 e. The number of methoxy groups -OCH3 is 1. The van der Waals surface area contributed by atoms with Crippen LogP contribution in [0.3, 0.4) is 0 Å². The third kappa shape index (κ3) is 3.30. The van der Waals surface area contributed by atoms with Crippen molar-refractivity contribution in [3.8, 4) is 5.75 Å². The lowest BCUT2D eigenvalue weighted by Gasteiger charge is -2.34. The van der Waals surface area contributed by atoms with E-state index in [0.29, 0.717) is 18.7 Å². The lowest BCUT2D eigenvalue weighted by molar-refractivity contribution is -0.385. The quantitative estimate of drug-likeness (QED) is 0.619. The minimum atomic E-state index is -0.537. The summed E-state index contributed by atoms with van der Waals surface area (Å²) in [5, 5.41) is 11.0. The van der Waals surface area contributed by atoms with E-state index in [2.05, 4.69) is 11.8 Å². The van der Waals surface area contributed by atoms with E-state index in [1.165, 1.54) is 19.2 Å². The molecule has 21 heavy (non-hydrogen) atoms. The molecule has 0 aromatic heterocycles. The largest absolute Gasteiger partial charge is 0.490 e. The molecule has 7 nitrogen and oxygen atoms in total. The van der Waals surface area contributed by atoms with Crippen molar-refractivity contribution in [2.75, 3.05) is 39.8 Å². The van der Waals surface area contributed by atoms with Crippen molar-refractivity contribution in [1.29, 1.82) is 0 Å². The highest BCUT2D eigenvalue weighted by Gasteiger charge is 2.24. The molecule has 2 rings (SSSR count). The Labute approximate surface area is 123 Å². The van der Waals surface area contributed by atoms with Gasteiger partial charge in [0.1, 0.15) is 0 Å². The van der Waals surface area contributed by atoms with Crippen LogP contribution in [-0.4, -0.2) is 60.5 Å². The summed E-state index contributed by atoms with van der Waals surface area (Å²) in [4.78, 5) is 26.9. The lowest BCUT2D eigenvalue weighted by Crippen LogP contribution is -2.48. The third-order valence-electron chi connectivity index (χ3n) is 3.73. The van der Waals surface area contributed by atoms with E-state index in [-0.39, 0.29) is 17.3 Å². The molecule has 1 saturated heterocycles. The first-order valence-electron chi connectivity index (χ1n) is 6.91. The Hall–Kier alpha value is -2.15. The van der Waals surface area contributed by atoms with Crippen LogP contribution < -0.4 is 4.74 Å². The molecule has 7 heteroatoms. The third-order valence-corrected chi connectivity index (χ3v) is 3.73. The van der Waals surface area contributed by atoms with Crippen molar-refractivity contribution in [2.45, 2.75) is 6.92 Å². The van der Waals surface area contributed by atoms with Gasteiger partial charge in [-0.3, -0.25) is 14.9 Å². The Morgan fingerprint density at radius 1 is 1.33 bits per heavy atom. The molecule has 0 radical (unpaired) electrons. The number of amides is 1. The molecular weight excluding hydrogens is 274 g/mol. The molecular formula is C14H19N3O4. The van der Waals surface area contributed by atoms with Crippen molar-refractivity contribution in [2.24, 2.45) is 0 Å². The zero-order chi connectivity index (χ0) is 15.4. The Kier molecular flexibility index (Phi) is 4.74. The minimum Gasteiger partial charge on any atom is -0.490 e.